The summed E-state index contributed by atoms with van der Waals surface area (Å²) < 4.78 is 24.1. The Morgan fingerprint density at radius 3 is 2.55 bits per heavy atom. The molecule has 0 aromatic heterocycles. The second kappa shape index (κ2) is 9.83. The molecule has 0 radical (unpaired) electrons. The molecule has 0 aliphatic heterocycles. The van der Waals surface area contributed by atoms with E-state index < -0.39 is 16.5 Å². The van der Waals surface area contributed by atoms with Crippen LogP contribution in [0.1, 0.15) is 28.9 Å². The quantitative estimate of drug-likeness (QED) is 0.509. The van der Waals surface area contributed by atoms with Crippen molar-refractivity contribution in [3.8, 4) is 11.5 Å². The van der Waals surface area contributed by atoms with E-state index in [0.717, 1.165) is 6.07 Å². The minimum Gasteiger partial charge on any atom is -0.493 e. The molecule has 0 saturated carbocycles. The molecule has 0 saturated heterocycles. The fraction of sp³-hybridized carbons (Fsp3) is 0.350. The number of hydrogen-bond acceptors (Lipinski definition) is 6. The largest absolute Gasteiger partial charge is 0.493 e. The maximum atomic E-state index is 13.6. The van der Waals surface area contributed by atoms with Gasteiger partial charge in [-0.2, -0.15) is 0 Å². The third kappa shape index (κ3) is 5.41. The average molecular weight is 405 g/mol. The number of benzene rings is 2. The third-order valence-electron chi connectivity index (χ3n) is 4.34. The molecule has 1 amide bonds. The zero-order valence-corrected chi connectivity index (χ0v) is 16.8. The number of rotatable bonds is 9. The van der Waals surface area contributed by atoms with E-state index in [1.54, 1.807) is 33.2 Å². The van der Waals surface area contributed by atoms with Crippen LogP contribution in [0.5, 0.6) is 11.5 Å². The summed E-state index contributed by atoms with van der Waals surface area (Å²) in [6.07, 6.45) is 0. The van der Waals surface area contributed by atoms with E-state index in [2.05, 4.69) is 5.32 Å². The van der Waals surface area contributed by atoms with E-state index in [9.17, 15) is 19.3 Å². The Balaban J connectivity index is 2.30. The zero-order chi connectivity index (χ0) is 21.6. The van der Waals surface area contributed by atoms with Crippen LogP contribution in [0.25, 0.3) is 0 Å². The van der Waals surface area contributed by atoms with Gasteiger partial charge in [-0.1, -0.05) is 12.1 Å². The molecule has 2 rings (SSSR count). The van der Waals surface area contributed by atoms with Crippen LogP contribution < -0.4 is 14.8 Å². The molecule has 2 aromatic carbocycles. The summed E-state index contributed by atoms with van der Waals surface area (Å²) in [4.78, 5) is 25.4. The maximum Gasteiger partial charge on any atom is 0.286 e. The number of likely N-dealkylation sites (N-methyl/N-ethyl adjacent to an activating group) is 1. The standard InChI is InChI=1S/C20H24FN3O5/c1-5-29-19-10-15(16(24(26)27)11-18(19)28-4)20(25)22-12-17(23(2)3)13-7-6-8-14(21)9-13/h6-11,17H,5,12H2,1-4H3,(H,22,25)/t17-/m0/s1. The van der Waals surface area contributed by atoms with Crippen molar-refractivity contribution in [2.75, 3.05) is 34.4 Å². The topological polar surface area (TPSA) is 93.9 Å². The van der Waals surface area contributed by atoms with Gasteiger partial charge in [0, 0.05) is 12.6 Å². The number of nitro benzene ring substituents is 1. The fourth-order valence-corrected chi connectivity index (χ4v) is 2.91. The molecule has 0 fully saturated rings. The monoisotopic (exact) mass is 405 g/mol. The van der Waals surface area contributed by atoms with Gasteiger partial charge in [0.2, 0.25) is 0 Å². The molecule has 1 N–H and O–H groups in total. The summed E-state index contributed by atoms with van der Waals surface area (Å²) in [6, 6.07) is 8.20. The Labute approximate surface area is 168 Å². The van der Waals surface area contributed by atoms with Gasteiger partial charge in [-0.3, -0.25) is 14.9 Å². The Bertz CT molecular complexity index is 888. The first-order valence-corrected chi connectivity index (χ1v) is 8.97. The van der Waals surface area contributed by atoms with Crippen LogP contribution in [0.4, 0.5) is 10.1 Å². The number of nitrogens with zero attached hydrogens (tertiary/aromatic N) is 2. The average Bonchev–Trinajstić information content (AvgIpc) is 2.67. The predicted octanol–water partition coefficient (Wildman–Crippen LogP) is 3.17. The number of carbonyl (C=O) groups is 1. The van der Waals surface area contributed by atoms with Crippen LogP contribution in [0.3, 0.4) is 0 Å². The summed E-state index contributed by atoms with van der Waals surface area (Å²) in [7, 11) is 4.96. The smallest absolute Gasteiger partial charge is 0.286 e. The van der Waals surface area contributed by atoms with Gasteiger partial charge in [0.15, 0.2) is 11.5 Å². The summed E-state index contributed by atoms with van der Waals surface area (Å²) in [5, 5.41) is 14.1. The lowest BCUT2D eigenvalue weighted by Gasteiger charge is -2.25. The Kier molecular flexibility index (Phi) is 7.49. The first-order chi connectivity index (χ1) is 13.8. The molecule has 1 atom stereocenters. The number of nitrogens with one attached hydrogen (secondary N) is 1. The minimum absolute atomic E-state index is 0.127. The highest BCUT2D eigenvalue weighted by Crippen LogP contribution is 2.34. The molecule has 0 unspecified atom stereocenters. The van der Waals surface area contributed by atoms with Crippen LogP contribution >= 0.6 is 0 Å². The first-order valence-electron chi connectivity index (χ1n) is 8.97. The third-order valence-corrected chi connectivity index (χ3v) is 4.34. The number of nitro groups is 1. The summed E-state index contributed by atoms with van der Waals surface area (Å²) in [5.74, 6) is -0.613. The Hall–Kier alpha value is -3.20. The SMILES string of the molecule is CCOc1cc(C(=O)NC[C@@H](c2cccc(F)c2)N(C)C)c([N+](=O)[O-])cc1OC. The van der Waals surface area contributed by atoms with E-state index in [4.69, 9.17) is 9.47 Å². The molecule has 0 aliphatic carbocycles. The van der Waals surface area contributed by atoms with E-state index in [1.807, 2.05) is 4.90 Å². The molecule has 0 spiro atoms. The highest BCUT2D eigenvalue weighted by Gasteiger charge is 2.25. The molecule has 0 bridgehead atoms. The Morgan fingerprint density at radius 2 is 2.00 bits per heavy atom. The van der Waals surface area contributed by atoms with E-state index in [-0.39, 0.29) is 35.5 Å². The van der Waals surface area contributed by atoms with Crippen LogP contribution in [-0.4, -0.2) is 50.1 Å². The van der Waals surface area contributed by atoms with Gasteiger partial charge < -0.3 is 19.7 Å². The lowest BCUT2D eigenvalue weighted by Crippen LogP contribution is -2.34. The Morgan fingerprint density at radius 1 is 1.28 bits per heavy atom. The molecular formula is C20H24FN3O5. The van der Waals surface area contributed by atoms with E-state index in [0.29, 0.717) is 12.2 Å². The van der Waals surface area contributed by atoms with Gasteiger partial charge in [-0.05, 0) is 38.7 Å². The van der Waals surface area contributed by atoms with Gasteiger partial charge in [-0.25, -0.2) is 4.39 Å². The minimum atomic E-state index is -0.650. The van der Waals surface area contributed by atoms with E-state index in [1.165, 1.54) is 25.3 Å². The second-order valence-corrected chi connectivity index (χ2v) is 6.45. The number of hydrogen-bond donors (Lipinski definition) is 1. The normalized spacial score (nSPS) is 11.8. The number of amides is 1. The lowest BCUT2D eigenvalue weighted by molar-refractivity contribution is -0.385. The molecule has 8 nitrogen and oxygen atoms in total. The van der Waals surface area contributed by atoms with Crippen molar-refractivity contribution >= 4 is 11.6 Å². The summed E-state index contributed by atoms with van der Waals surface area (Å²) >= 11 is 0. The molecule has 156 valence electrons. The maximum absolute atomic E-state index is 13.6. The van der Waals surface area contributed by atoms with Crippen LogP contribution in [0, 0.1) is 15.9 Å². The molecule has 29 heavy (non-hydrogen) atoms. The summed E-state index contributed by atoms with van der Waals surface area (Å²) in [5.41, 5.74) is 0.139. The van der Waals surface area contributed by atoms with Crippen molar-refractivity contribution in [1.82, 2.24) is 10.2 Å². The van der Waals surface area contributed by atoms with Crippen molar-refractivity contribution in [3.63, 3.8) is 0 Å². The number of methoxy groups -OCH3 is 1. The fourth-order valence-electron chi connectivity index (χ4n) is 2.91. The molecule has 9 heteroatoms. The molecule has 0 heterocycles. The van der Waals surface area contributed by atoms with Crippen molar-refractivity contribution < 1.29 is 23.6 Å². The molecular weight excluding hydrogens is 381 g/mol. The van der Waals surface area contributed by atoms with E-state index >= 15 is 0 Å². The molecule has 0 aliphatic rings. The second-order valence-electron chi connectivity index (χ2n) is 6.45. The summed E-state index contributed by atoms with van der Waals surface area (Å²) in [6.45, 7) is 2.18. The predicted molar refractivity (Wildman–Crippen MR) is 106 cm³/mol. The van der Waals surface area contributed by atoms with Crippen LogP contribution in [-0.2, 0) is 0 Å². The lowest BCUT2D eigenvalue weighted by atomic mass is 10.1. The van der Waals surface area contributed by atoms with Gasteiger partial charge in [0.25, 0.3) is 11.6 Å². The highest BCUT2D eigenvalue weighted by atomic mass is 19.1. The highest BCUT2D eigenvalue weighted by molar-refractivity contribution is 5.99. The van der Waals surface area contributed by atoms with Gasteiger partial charge in [-0.15, -0.1) is 0 Å². The van der Waals surface area contributed by atoms with Crippen LogP contribution in [0.2, 0.25) is 0 Å². The van der Waals surface area contributed by atoms with Gasteiger partial charge in [0.1, 0.15) is 11.4 Å². The van der Waals surface area contributed by atoms with Crippen molar-refractivity contribution in [2.24, 2.45) is 0 Å². The number of ether oxygens (including phenoxy) is 2. The number of carbonyl (C=O) groups excluding carboxylic acids is 1. The van der Waals surface area contributed by atoms with Gasteiger partial charge >= 0.3 is 0 Å². The van der Waals surface area contributed by atoms with Gasteiger partial charge in [0.05, 0.1) is 30.7 Å². The first kappa shape index (κ1) is 22.1. The zero-order valence-electron chi connectivity index (χ0n) is 16.8. The van der Waals surface area contributed by atoms with Crippen molar-refractivity contribution in [3.05, 3.63) is 63.5 Å². The number of halogens is 1. The molecule has 2 aromatic rings. The van der Waals surface area contributed by atoms with Crippen molar-refractivity contribution in [2.45, 2.75) is 13.0 Å². The van der Waals surface area contributed by atoms with Crippen LogP contribution in [0.15, 0.2) is 36.4 Å². The van der Waals surface area contributed by atoms with Crippen molar-refractivity contribution in [1.29, 1.82) is 0 Å².